The number of alkyl halides is 3. The summed E-state index contributed by atoms with van der Waals surface area (Å²) in [4.78, 5) is 1.17. The van der Waals surface area contributed by atoms with Gasteiger partial charge < -0.3 is 5.32 Å². The number of hydrogen-bond donors (Lipinski definition) is 1. The van der Waals surface area contributed by atoms with Crippen LogP contribution in [0, 0.1) is 0 Å². The Hall–Kier alpha value is -1.15. The molecular weight excluding hydrogens is 295 g/mol. The van der Waals surface area contributed by atoms with E-state index in [1.807, 2.05) is 31.4 Å². The smallest absolute Gasteiger partial charge is 0.359 e. The largest absolute Gasteiger partial charge is 0.445 e. The minimum atomic E-state index is -4.43. The highest BCUT2D eigenvalue weighted by molar-refractivity contribution is 7.15. The lowest BCUT2D eigenvalue weighted by Crippen LogP contribution is -2.26. The fourth-order valence-corrected chi connectivity index (χ4v) is 2.92. The van der Waals surface area contributed by atoms with Crippen molar-refractivity contribution in [2.45, 2.75) is 25.4 Å². The Morgan fingerprint density at radius 1 is 1.26 bits per heavy atom. The summed E-state index contributed by atoms with van der Waals surface area (Å²) in [7, 11) is 0. The van der Waals surface area contributed by atoms with E-state index in [0.717, 1.165) is 0 Å². The van der Waals surface area contributed by atoms with Gasteiger partial charge in [0.15, 0.2) is 0 Å². The van der Waals surface area contributed by atoms with Crippen molar-refractivity contribution in [3.63, 3.8) is 0 Å². The Morgan fingerprint density at radius 3 is 2.53 bits per heavy atom. The molecule has 0 unspecified atom stereocenters. The van der Waals surface area contributed by atoms with Crippen LogP contribution in [0.5, 0.6) is 0 Å². The third-order valence-electron chi connectivity index (χ3n) is 2.54. The Balaban J connectivity index is 2.01. The number of aromatic nitrogens is 2. The molecule has 1 N–H and O–H groups in total. The first-order valence-corrected chi connectivity index (χ1v) is 7.17. The molecule has 0 saturated carbocycles. The van der Waals surface area contributed by atoms with Crippen LogP contribution in [-0.4, -0.2) is 16.7 Å². The summed E-state index contributed by atoms with van der Waals surface area (Å²) >= 11 is 2.14. The van der Waals surface area contributed by atoms with Crippen molar-refractivity contribution in [3.8, 4) is 0 Å². The van der Waals surface area contributed by atoms with Gasteiger partial charge in [0.05, 0.1) is 0 Å². The van der Waals surface area contributed by atoms with Crippen molar-refractivity contribution in [2.24, 2.45) is 0 Å². The maximum Gasteiger partial charge on any atom is 0.445 e. The van der Waals surface area contributed by atoms with Crippen LogP contribution in [-0.2, 0) is 11.6 Å². The number of halogens is 3. The first kappa shape index (κ1) is 14.3. The number of nitrogens with zero attached hydrogens (tertiary/aromatic N) is 2. The molecule has 0 spiro atoms. The average molecular weight is 307 g/mol. The molecule has 0 saturated heterocycles. The predicted molar refractivity (Wildman–Crippen MR) is 70.7 cm³/mol. The van der Waals surface area contributed by atoms with Crippen LogP contribution in [0.2, 0.25) is 0 Å². The molecule has 104 valence electrons. The van der Waals surface area contributed by atoms with Gasteiger partial charge in [0, 0.05) is 16.8 Å². The molecule has 8 heteroatoms. The van der Waals surface area contributed by atoms with E-state index in [-0.39, 0.29) is 10.5 Å². The highest BCUT2D eigenvalue weighted by Crippen LogP contribution is 2.34. The lowest BCUT2D eigenvalue weighted by Gasteiger charge is -2.23. The van der Waals surface area contributed by atoms with Crippen LogP contribution < -0.4 is 5.32 Å². The quantitative estimate of drug-likeness (QED) is 0.927. The molecule has 2 heterocycles. The van der Waals surface area contributed by atoms with Gasteiger partial charge in [-0.1, -0.05) is 31.3 Å². The minimum absolute atomic E-state index is 0.168. The molecule has 2 rings (SSSR count). The van der Waals surface area contributed by atoms with Gasteiger partial charge in [-0.2, -0.15) is 13.2 Å². The highest BCUT2D eigenvalue weighted by Gasteiger charge is 2.35. The zero-order valence-corrected chi connectivity index (χ0v) is 11.9. The van der Waals surface area contributed by atoms with E-state index in [0.29, 0.717) is 17.9 Å². The number of hydrogen-bond acceptors (Lipinski definition) is 5. The lowest BCUT2D eigenvalue weighted by atomic mass is 9.92. The maximum absolute atomic E-state index is 12.4. The molecule has 0 bridgehead atoms. The van der Waals surface area contributed by atoms with Crippen LogP contribution >= 0.6 is 22.7 Å². The van der Waals surface area contributed by atoms with Crippen LogP contribution in [0.25, 0.3) is 0 Å². The fraction of sp³-hybridized carbons (Fsp3) is 0.455. The van der Waals surface area contributed by atoms with Crippen LogP contribution in [0.15, 0.2) is 17.5 Å². The SMILES string of the molecule is CC(C)(CNc1nnc(C(F)(F)F)s1)c1cccs1. The number of thiophene rings is 1. The maximum atomic E-state index is 12.4. The van der Waals surface area contributed by atoms with E-state index in [4.69, 9.17) is 0 Å². The fourth-order valence-electron chi connectivity index (χ4n) is 1.46. The van der Waals surface area contributed by atoms with Crippen molar-refractivity contribution in [2.75, 3.05) is 11.9 Å². The number of anilines is 1. The Morgan fingerprint density at radius 2 is 2.00 bits per heavy atom. The third-order valence-corrected chi connectivity index (χ3v) is 4.70. The summed E-state index contributed by atoms with van der Waals surface area (Å²) < 4.78 is 37.1. The van der Waals surface area contributed by atoms with Crippen LogP contribution in [0.3, 0.4) is 0 Å². The zero-order valence-electron chi connectivity index (χ0n) is 10.3. The highest BCUT2D eigenvalue weighted by atomic mass is 32.1. The standard InChI is InChI=1S/C11H12F3N3S2/c1-10(2,7-4-3-5-18-7)6-15-9-17-16-8(19-9)11(12,13)14/h3-5H,6H2,1-2H3,(H,15,17). The zero-order chi connectivity index (χ0) is 14.1. The normalized spacial score (nSPS) is 12.7. The predicted octanol–water partition coefficient (Wildman–Crippen LogP) is 4.01. The first-order chi connectivity index (χ1) is 8.79. The van der Waals surface area contributed by atoms with E-state index in [1.165, 1.54) is 4.88 Å². The van der Waals surface area contributed by atoms with Gasteiger partial charge in [-0.25, -0.2) is 0 Å². The summed E-state index contributed by atoms with van der Waals surface area (Å²) in [6.45, 7) is 4.55. The summed E-state index contributed by atoms with van der Waals surface area (Å²) in [6, 6.07) is 3.96. The van der Waals surface area contributed by atoms with Gasteiger partial charge >= 0.3 is 6.18 Å². The van der Waals surface area contributed by atoms with Crippen molar-refractivity contribution in [1.29, 1.82) is 0 Å². The molecular formula is C11H12F3N3S2. The molecule has 0 amide bonds. The Labute approximate surface area is 116 Å². The third kappa shape index (κ3) is 3.44. The molecule has 0 atom stereocenters. The van der Waals surface area contributed by atoms with Gasteiger partial charge in [-0.3, -0.25) is 0 Å². The molecule has 0 aromatic carbocycles. The Kier molecular flexibility index (Phi) is 3.82. The van der Waals surface area contributed by atoms with Gasteiger partial charge in [0.1, 0.15) is 0 Å². The van der Waals surface area contributed by atoms with E-state index < -0.39 is 11.2 Å². The molecule has 0 aliphatic carbocycles. The second-order valence-electron chi connectivity index (χ2n) is 4.62. The van der Waals surface area contributed by atoms with E-state index >= 15 is 0 Å². The van der Waals surface area contributed by atoms with Crippen molar-refractivity contribution in [1.82, 2.24) is 10.2 Å². The second kappa shape index (κ2) is 5.09. The van der Waals surface area contributed by atoms with E-state index in [2.05, 4.69) is 15.5 Å². The second-order valence-corrected chi connectivity index (χ2v) is 6.55. The molecule has 2 aromatic heterocycles. The molecule has 3 nitrogen and oxygen atoms in total. The van der Waals surface area contributed by atoms with Gasteiger partial charge in [-0.05, 0) is 11.4 Å². The minimum Gasteiger partial charge on any atom is -0.359 e. The van der Waals surface area contributed by atoms with Crippen molar-refractivity contribution in [3.05, 3.63) is 27.4 Å². The molecule has 2 aromatic rings. The molecule has 0 radical (unpaired) electrons. The van der Waals surface area contributed by atoms with Crippen LogP contribution in [0.4, 0.5) is 18.3 Å². The van der Waals surface area contributed by atoms with Crippen molar-refractivity contribution < 1.29 is 13.2 Å². The average Bonchev–Trinajstić information content (AvgIpc) is 2.97. The number of rotatable bonds is 4. The van der Waals surface area contributed by atoms with E-state index in [9.17, 15) is 13.2 Å². The van der Waals surface area contributed by atoms with Gasteiger partial charge in [0.2, 0.25) is 10.1 Å². The molecule has 0 aliphatic rings. The summed E-state index contributed by atoms with van der Waals surface area (Å²) in [5.74, 6) is 0. The number of nitrogens with one attached hydrogen (secondary N) is 1. The summed E-state index contributed by atoms with van der Waals surface area (Å²) in [5, 5.41) is 10.8. The summed E-state index contributed by atoms with van der Waals surface area (Å²) in [6.07, 6.45) is -4.43. The van der Waals surface area contributed by atoms with Crippen LogP contribution in [0.1, 0.15) is 23.7 Å². The van der Waals surface area contributed by atoms with Gasteiger partial charge in [-0.15, -0.1) is 21.5 Å². The molecule has 0 fully saturated rings. The van der Waals surface area contributed by atoms with E-state index in [1.54, 1.807) is 11.3 Å². The Bertz CT molecular complexity index is 532. The monoisotopic (exact) mass is 307 g/mol. The van der Waals surface area contributed by atoms with Crippen molar-refractivity contribution >= 4 is 27.8 Å². The molecule has 19 heavy (non-hydrogen) atoms. The topological polar surface area (TPSA) is 37.8 Å². The molecule has 0 aliphatic heterocycles. The summed E-state index contributed by atoms with van der Waals surface area (Å²) in [5.41, 5.74) is -0.168. The van der Waals surface area contributed by atoms with Gasteiger partial charge in [0.25, 0.3) is 0 Å². The lowest BCUT2D eigenvalue weighted by molar-refractivity contribution is -0.138. The first-order valence-electron chi connectivity index (χ1n) is 5.47.